The number of benzene rings is 1. The summed E-state index contributed by atoms with van der Waals surface area (Å²) in [5, 5.41) is 18.3. The second-order valence-electron chi connectivity index (χ2n) is 4.84. The van der Waals surface area contributed by atoms with E-state index in [1.54, 1.807) is 12.1 Å². The molecule has 124 valence electrons. The van der Waals surface area contributed by atoms with Crippen molar-refractivity contribution in [2.24, 2.45) is 5.10 Å². The molecule has 24 heavy (non-hydrogen) atoms. The number of carbonyl (C=O) groups is 1. The number of carboxylic acid groups (broad SMARTS) is 1. The van der Waals surface area contributed by atoms with Crippen molar-refractivity contribution in [1.82, 2.24) is 10.7 Å². The summed E-state index contributed by atoms with van der Waals surface area (Å²) in [7, 11) is 0. The Labute approximate surface area is 144 Å². The first-order valence-corrected chi connectivity index (χ1v) is 7.53. The summed E-state index contributed by atoms with van der Waals surface area (Å²) in [5.41, 5.74) is 5.15. The molecule has 0 aliphatic heterocycles. The summed E-state index contributed by atoms with van der Waals surface area (Å²) < 4.78 is 5.21. The van der Waals surface area contributed by atoms with Crippen LogP contribution in [0.2, 0.25) is 0 Å². The predicted molar refractivity (Wildman–Crippen MR) is 94.6 cm³/mol. The smallest absolute Gasteiger partial charge is 0.187 e. The zero-order valence-corrected chi connectivity index (χ0v) is 13.9. The summed E-state index contributed by atoms with van der Waals surface area (Å²) in [6, 6.07) is 10.3. The van der Waals surface area contributed by atoms with Gasteiger partial charge in [-0.1, -0.05) is 30.3 Å². The Morgan fingerprint density at radius 1 is 1.33 bits per heavy atom. The largest absolute Gasteiger partial charge is 0.542 e. The molecule has 0 saturated carbocycles. The maximum atomic E-state index is 10.7. The van der Waals surface area contributed by atoms with Gasteiger partial charge in [0.15, 0.2) is 5.11 Å². The van der Waals surface area contributed by atoms with Crippen LogP contribution in [0, 0.1) is 0 Å². The molecule has 1 aromatic carbocycles. The second-order valence-corrected chi connectivity index (χ2v) is 5.24. The molecule has 0 aliphatic rings. The van der Waals surface area contributed by atoms with Gasteiger partial charge in [0.05, 0.1) is 5.71 Å². The third kappa shape index (κ3) is 4.53. The molecular formula is C17H16N3O3S-. The monoisotopic (exact) mass is 342 g/mol. The van der Waals surface area contributed by atoms with Crippen LogP contribution in [0.1, 0.15) is 23.0 Å². The third-order valence-electron chi connectivity index (χ3n) is 3.13. The van der Waals surface area contributed by atoms with Crippen LogP contribution in [0.3, 0.4) is 0 Å². The van der Waals surface area contributed by atoms with Crippen LogP contribution in [-0.2, 0) is 0 Å². The first kappa shape index (κ1) is 17.4. The summed E-state index contributed by atoms with van der Waals surface area (Å²) >= 11 is 5.05. The summed E-state index contributed by atoms with van der Waals surface area (Å²) in [4.78, 5) is 10.7. The minimum absolute atomic E-state index is 0.198. The molecule has 2 N–H and O–H groups in total. The second kappa shape index (κ2) is 8.07. The summed E-state index contributed by atoms with van der Waals surface area (Å²) in [6.07, 6.45) is 1.70. The van der Waals surface area contributed by atoms with Crippen LogP contribution in [0.4, 0.5) is 0 Å². The van der Waals surface area contributed by atoms with Crippen molar-refractivity contribution in [2.75, 3.05) is 6.54 Å². The summed E-state index contributed by atoms with van der Waals surface area (Å²) in [5.74, 6) is -1.08. The van der Waals surface area contributed by atoms with Crippen molar-refractivity contribution in [3.63, 3.8) is 0 Å². The van der Waals surface area contributed by atoms with E-state index in [-0.39, 0.29) is 5.76 Å². The quantitative estimate of drug-likeness (QED) is 0.359. The van der Waals surface area contributed by atoms with Crippen molar-refractivity contribution >= 4 is 29.0 Å². The van der Waals surface area contributed by atoms with Crippen molar-refractivity contribution in [1.29, 1.82) is 0 Å². The minimum Gasteiger partial charge on any atom is -0.542 e. The van der Waals surface area contributed by atoms with Gasteiger partial charge < -0.3 is 19.6 Å². The lowest BCUT2D eigenvalue weighted by Crippen LogP contribution is -2.32. The number of carbonyl (C=O) groups excluding carboxylic acids is 1. The zero-order chi connectivity index (χ0) is 17.5. The van der Waals surface area contributed by atoms with Crippen molar-refractivity contribution < 1.29 is 14.3 Å². The highest BCUT2D eigenvalue weighted by Crippen LogP contribution is 2.22. The van der Waals surface area contributed by atoms with Crippen LogP contribution in [-0.4, -0.2) is 23.3 Å². The molecule has 0 aliphatic carbocycles. The van der Waals surface area contributed by atoms with Gasteiger partial charge in [-0.05, 0) is 36.8 Å². The van der Waals surface area contributed by atoms with E-state index in [1.807, 2.05) is 31.2 Å². The highest BCUT2D eigenvalue weighted by atomic mass is 32.1. The fourth-order valence-electron chi connectivity index (χ4n) is 1.88. The standard InChI is InChI=1S/C17H17N3O3S/c1-3-10-18-17(24)20-19-11(2)12-4-6-13(7-5-12)14-8-9-15(23-14)16(21)22/h3-9H,1,10H2,2H3,(H,21,22)(H2,18,20,24)/p-1/b19-11-. The molecule has 7 heteroatoms. The van der Waals surface area contributed by atoms with Crippen molar-refractivity contribution in [2.45, 2.75) is 6.92 Å². The van der Waals surface area contributed by atoms with Crippen LogP contribution in [0.25, 0.3) is 11.3 Å². The molecule has 0 fully saturated rings. The van der Waals surface area contributed by atoms with Crippen LogP contribution < -0.4 is 15.8 Å². The average Bonchev–Trinajstić information content (AvgIpc) is 3.08. The van der Waals surface area contributed by atoms with Gasteiger partial charge in [-0.3, -0.25) is 5.43 Å². The SMILES string of the molecule is C=CCNC(=S)N/N=C(/C)c1ccc(-c2ccc(C(=O)[O-])o2)cc1. The van der Waals surface area contributed by atoms with E-state index in [4.69, 9.17) is 16.6 Å². The fraction of sp³-hybridized carbons (Fsp3) is 0.118. The molecule has 2 aromatic rings. The first-order chi connectivity index (χ1) is 11.5. The molecule has 0 spiro atoms. The van der Waals surface area contributed by atoms with Gasteiger partial charge in [0.1, 0.15) is 17.5 Å². The van der Waals surface area contributed by atoms with Gasteiger partial charge >= 0.3 is 0 Å². The van der Waals surface area contributed by atoms with Crippen molar-refractivity contribution in [3.05, 3.63) is 60.4 Å². The molecule has 0 radical (unpaired) electrons. The number of thiocarbonyl (C=S) groups is 1. The highest BCUT2D eigenvalue weighted by molar-refractivity contribution is 7.80. The van der Waals surface area contributed by atoms with Gasteiger partial charge in [0.25, 0.3) is 0 Å². The Kier molecular flexibility index (Phi) is 5.86. The van der Waals surface area contributed by atoms with Gasteiger partial charge in [0.2, 0.25) is 0 Å². The molecule has 0 amide bonds. The number of nitrogens with one attached hydrogen (secondary N) is 2. The van der Waals surface area contributed by atoms with Crippen LogP contribution >= 0.6 is 12.2 Å². The third-order valence-corrected chi connectivity index (χ3v) is 3.36. The summed E-state index contributed by atoms with van der Waals surface area (Å²) in [6.45, 7) is 6.00. The lowest BCUT2D eigenvalue weighted by molar-refractivity contribution is -0.257. The molecule has 2 rings (SSSR count). The molecule has 0 atom stereocenters. The van der Waals surface area contributed by atoms with E-state index in [2.05, 4.69) is 22.4 Å². The number of rotatable bonds is 6. The molecular weight excluding hydrogens is 326 g/mol. The number of hydrazone groups is 1. The molecule has 0 saturated heterocycles. The normalized spacial score (nSPS) is 11.0. The van der Waals surface area contributed by atoms with E-state index in [9.17, 15) is 9.90 Å². The van der Waals surface area contributed by atoms with Gasteiger partial charge in [-0.15, -0.1) is 6.58 Å². The Bertz CT molecular complexity index is 779. The lowest BCUT2D eigenvalue weighted by atomic mass is 10.1. The number of aromatic carboxylic acids is 1. The van der Waals surface area contributed by atoms with Gasteiger partial charge in [-0.25, -0.2) is 0 Å². The predicted octanol–water partition coefficient (Wildman–Crippen LogP) is 1.68. The fourth-order valence-corrected chi connectivity index (χ4v) is 2.01. The van der Waals surface area contributed by atoms with E-state index < -0.39 is 5.97 Å². The molecule has 1 aromatic heterocycles. The molecule has 1 heterocycles. The Morgan fingerprint density at radius 3 is 2.62 bits per heavy atom. The maximum Gasteiger partial charge on any atom is 0.187 e. The maximum absolute atomic E-state index is 10.7. The van der Waals surface area contributed by atoms with E-state index in [1.165, 1.54) is 6.07 Å². The van der Waals surface area contributed by atoms with E-state index in [0.29, 0.717) is 17.4 Å². The van der Waals surface area contributed by atoms with Gasteiger partial charge in [0, 0.05) is 12.1 Å². The zero-order valence-electron chi connectivity index (χ0n) is 13.0. The number of nitrogens with zero attached hydrogens (tertiary/aromatic N) is 1. The number of hydrogen-bond acceptors (Lipinski definition) is 5. The highest BCUT2D eigenvalue weighted by Gasteiger charge is 2.06. The Morgan fingerprint density at radius 2 is 2.04 bits per heavy atom. The van der Waals surface area contributed by atoms with Crippen LogP contribution in [0.15, 0.2) is 58.6 Å². The number of carboxylic acids is 1. The van der Waals surface area contributed by atoms with Crippen LogP contribution in [0.5, 0.6) is 0 Å². The van der Waals surface area contributed by atoms with Gasteiger partial charge in [-0.2, -0.15) is 5.10 Å². The van der Waals surface area contributed by atoms with E-state index >= 15 is 0 Å². The van der Waals surface area contributed by atoms with E-state index in [0.717, 1.165) is 16.8 Å². The first-order valence-electron chi connectivity index (χ1n) is 7.12. The lowest BCUT2D eigenvalue weighted by Gasteiger charge is -2.06. The Balaban J connectivity index is 2.06. The topological polar surface area (TPSA) is 89.7 Å². The minimum atomic E-state index is -1.34. The molecule has 6 nitrogen and oxygen atoms in total. The molecule has 0 unspecified atom stereocenters. The molecule has 0 bridgehead atoms. The number of hydrogen-bond donors (Lipinski definition) is 2. The Hall–Kier alpha value is -2.93. The van der Waals surface area contributed by atoms with Crippen molar-refractivity contribution in [3.8, 4) is 11.3 Å². The average molecular weight is 342 g/mol. The number of furan rings is 1.